The van der Waals surface area contributed by atoms with Crippen LogP contribution in [0.25, 0.3) is 0 Å². The molecule has 0 radical (unpaired) electrons. The van der Waals surface area contributed by atoms with Crippen molar-refractivity contribution < 1.29 is 14.3 Å². The number of anilines is 1. The lowest BCUT2D eigenvalue weighted by atomic mass is 10.0. The van der Waals surface area contributed by atoms with Crippen LogP contribution in [0.15, 0.2) is 30.3 Å². The van der Waals surface area contributed by atoms with Crippen molar-refractivity contribution >= 4 is 17.6 Å². The molecule has 1 atom stereocenters. The fourth-order valence-corrected chi connectivity index (χ4v) is 2.81. The monoisotopic (exact) mass is 362 g/mol. The zero-order valence-electron chi connectivity index (χ0n) is 15.7. The standard InChI is InChI=1S/C19H30N4O3/c1-15(2)17(22-19(25)21-16-7-4-3-5-8-16)18(24)20-9-6-10-23-11-13-26-14-12-23/h3-5,7-8,15,17H,6,9-14H2,1-2H3,(H,20,24)(H2,21,22,25). The molecule has 0 saturated carbocycles. The first-order chi connectivity index (χ1) is 12.6. The highest BCUT2D eigenvalue weighted by Gasteiger charge is 2.24. The number of hydrogen-bond donors (Lipinski definition) is 3. The van der Waals surface area contributed by atoms with Gasteiger partial charge >= 0.3 is 6.03 Å². The second-order valence-electron chi connectivity index (χ2n) is 6.78. The van der Waals surface area contributed by atoms with Gasteiger partial charge in [-0.25, -0.2) is 4.79 Å². The minimum absolute atomic E-state index is 0.00392. The number of carbonyl (C=O) groups is 2. The molecule has 1 unspecified atom stereocenters. The fraction of sp³-hybridized carbons (Fsp3) is 0.579. The molecule has 3 N–H and O–H groups in total. The van der Waals surface area contributed by atoms with Crippen molar-refractivity contribution in [3.63, 3.8) is 0 Å². The molecule has 7 heteroatoms. The molecule has 1 fully saturated rings. The normalized spacial score (nSPS) is 16.1. The lowest BCUT2D eigenvalue weighted by molar-refractivity contribution is -0.123. The molecule has 3 amide bonds. The average molecular weight is 362 g/mol. The van der Waals surface area contributed by atoms with Crippen LogP contribution < -0.4 is 16.0 Å². The number of para-hydroxylation sites is 1. The maximum atomic E-state index is 12.4. The van der Waals surface area contributed by atoms with E-state index in [4.69, 9.17) is 4.74 Å². The molecule has 2 rings (SSSR count). The van der Waals surface area contributed by atoms with Gasteiger partial charge in [-0.2, -0.15) is 0 Å². The smallest absolute Gasteiger partial charge is 0.319 e. The van der Waals surface area contributed by atoms with E-state index >= 15 is 0 Å². The Morgan fingerprint density at radius 3 is 2.50 bits per heavy atom. The number of benzene rings is 1. The van der Waals surface area contributed by atoms with Crippen LogP contribution in [0.4, 0.5) is 10.5 Å². The highest BCUT2D eigenvalue weighted by atomic mass is 16.5. The number of urea groups is 1. The summed E-state index contributed by atoms with van der Waals surface area (Å²) in [4.78, 5) is 26.9. The zero-order valence-corrected chi connectivity index (χ0v) is 15.7. The van der Waals surface area contributed by atoms with E-state index in [1.165, 1.54) is 0 Å². The average Bonchev–Trinajstić information content (AvgIpc) is 2.64. The first-order valence-corrected chi connectivity index (χ1v) is 9.26. The summed E-state index contributed by atoms with van der Waals surface area (Å²) < 4.78 is 5.32. The van der Waals surface area contributed by atoms with E-state index in [2.05, 4.69) is 20.9 Å². The SMILES string of the molecule is CC(C)C(NC(=O)Nc1ccccc1)C(=O)NCCCN1CCOCC1. The number of rotatable bonds is 8. The Labute approximate surface area is 155 Å². The number of morpholine rings is 1. The van der Waals surface area contributed by atoms with Crippen molar-refractivity contribution in [1.29, 1.82) is 0 Å². The third-order valence-corrected chi connectivity index (χ3v) is 4.32. The summed E-state index contributed by atoms with van der Waals surface area (Å²) in [6, 6.07) is 8.23. The van der Waals surface area contributed by atoms with Gasteiger partial charge in [-0.15, -0.1) is 0 Å². The lowest BCUT2D eigenvalue weighted by Gasteiger charge is -2.26. The van der Waals surface area contributed by atoms with Crippen LogP contribution in [-0.4, -0.2) is 62.3 Å². The van der Waals surface area contributed by atoms with Gasteiger partial charge in [-0.1, -0.05) is 32.0 Å². The second-order valence-corrected chi connectivity index (χ2v) is 6.78. The Bertz CT molecular complexity index is 559. The molecule has 1 aromatic rings. The lowest BCUT2D eigenvalue weighted by Crippen LogP contribution is -2.51. The first-order valence-electron chi connectivity index (χ1n) is 9.26. The predicted octanol–water partition coefficient (Wildman–Crippen LogP) is 1.67. The summed E-state index contributed by atoms with van der Waals surface area (Å²) in [5.41, 5.74) is 0.693. The van der Waals surface area contributed by atoms with Gasteiger partial charge in [0.25, 0.3) is 0 Å². The van der Waals surface area contributed by atoms with E-state index in [0.717, 1.165) is 39.3 Å². The van der Waals surface area contributed by atoms with Crippen LogP contribution in [0.5, 0.6) is 0 Å². The molecular weight excluding hydrogens is 332 g/mol. The van der Waals surface area contributed by atoms with Crippen LogP contribution >= 0.6 is 0 Å². The van der Waals surface area contributed by atoms with Gasteiger partial charge in [0, 0.05) is 25.3 Å². The summed E-state index contributed by atoms with van der Waals surface area (Å²) in [5.74, 6) is -0.152. The molecule has 1 aliphatic heterocycles. The van der Waals surface area contributed by atoms with Crippen molar-refractivity contribution in [2.75, 3.05) is 44.7 Å². The van der Waals surface area contributed by atoms with Gasteiger partial charge in [0.2, 0.25) is 5.91 Å². The highest BCUT2D eigenvalue weighted by molar-refractivity contribution is 5.93. The van der Waals surface area contributed by atoms with Crippen molar-refractivity contribution in [3.8, 4) is 0 Å². The van der Waals surface area contributed by atoms with Gasteiger partial charge in [0.15, 0.2) is 0 Å². The molecule has 1 aromatic carbocycles. The minimum atomic E-state index is -0.568. The molecule has 1 saturated heterocycles. The maximum Gasteiger partial charge on any atom is 0.319 e. The summed E-state index contributed by atoms with van der Waals surface area (Å²) in [6.45, 7) is 8.83. The topological polar surface area (TPSA) is 82.7 Å². The van der Waals surface area contributed by atoms with Crippen LogP contribution in [0.2, 0.25) is 0 Å². The Balaban J connectivity index is 1.72. The largest absolute Gasteiger partial charge is 0.379 e. The number of hydrogen-bond acceptors (Lipinski definition) is 4. The molecule has 0 bridgehead atoms. The molecule has 144 valence electrons. The number of carbonyl (C=O) groups excluding carboxylic acids is 2. The third-order valence-electron chi connectivity index (χ3n) is 4.32. The summed E-state index contributed by atoms with van der Waals surface area (Å²) in [7, 11) is 0. The fourth-order valence-electron chi connectivity index (χ4n) is 2.81. The molecule has 0 aliphatic carbocycles. The molecule has 0 aromatic heterocycles. The van der Waals surface area contributed by atoms with Gasteiger partial charge in [-0.3, -0.25) is 9.69 Å². The van der Waals surface area contributed by atoms with E-state index in [0.29, 0.717) is 12.2 Å². The molecular formula is C19H30N4O3. The van der Waals surface area contributed by atoms with E-state index < -0.39 is 6.04 Å². The summed E-state index contributed by atoms with van der Waals surface area (Å²) in [6.07, 6.45) is 0.882. The molecule has 0 spiro atoms. The minimum Gasteiger partial charge on any atom is -0.379 e. The quantitative estimate of drug-likeness (QED) is 0.615. The molecule has 1 heterocycles. The molecule has 7 nitrogen and oxygen atoms in total. The number of nitrogens with zero attached hydrogens (tertiary/aromatic N) is 1. The van der Waals surface area contributed by atoms with Crippen LogP contribution in [0.3, 0.4) is 0 Å². The van der Waals surface area contributed by atoms with Crippen LogP contribution in [0, 0.1) is 5.92 Å². The van der Waals surface area contributed by atoms with Crippen molar-refractivity contribution in [2.45, 2.75) is 26.3 Å². The van der Waals surface area contributed by atoms with Crippen LogP contribution in [-0.2, 0) is 9.53 Å². The Morgan fingerprint density at radius 1 is 1.15 bits per heavy atom. The number of nitrogens with one attached hydrogen (secondary N) is 3. The van der Waals surface area contributed by atoms with E-state index in [-0.39, 0.29) is 17.9 Å². The summed E-state index contributed by atoms with van der Waals surface area (Å²) >= 11 is 0. The van der Waals surface area contributed by atoms with Crippen molar-refractivity contribution in [3.05, 3.63) is 30.3 Å². The first kappa shape index (κ1) is 20.2. The molecule has 26 heavy (non-hydrogen) atoms. The maximum absolute atomic E-state index is 12.4. The Hall–Kier alpha value is -2.12. The van der Waals surface area contributed by atoms with Gasteiger partial charge < -0.3 is 20.7 Å². The van der Waals surface area contributed by atoms with Gasteiger partial charge in [-0.05, 0) is 31.0 Å². The summed E-state index contributed by atoms with van der Waals surface area (Å²) in [5, 5.41) is 8.44. The van der Waals surface area contributed by atoms with E-state index in [9.17, 15) is 9.59 Å². The van der Waals surface area contributed by atoms with E-state index in [1.54, 1.807) is 12.1 Å². The zero-order chi connectivity index (χ0) is 18.8. The van der Waals surface area contributed by atoms with Gasteiger partial charge in [0.1, 0.15) is 6.04 Å². The third kappa shape index (κ3) is 7.01. The predicted molar refractivity (Wildman–Crippen MR) is 102 cm³/mol. The van der Waals surface area contributed by atoms with Gasteiger partial charge in [0.05, 0.1) is 13.2 Å². The van der Waals surface area contributed by atoms with Crippen molar-refractivity contribution in [2.24, 2.45) is 5.92 Å². The van der Waals surface area contributed by atoms with E-state index in [1.807, 2.05) is 32.0 Å². The molecule has 1 aliphatic rings. The van der Waals surface area contributed by atoms with Crippen LogP contribution in [0.1, 0.15) is 20.3 Å². The van der Waals surface area contributed by atoms with Crippen molar-refractivity contribution in [1.82, 2.24) is 15.5 Å². The second kappa shape index (κ2) is 10.8. The number of amides is 3. The number of ether oxygens (including phenoxy) is 1. The highest BCUT2D eigenvalue weighted by Crippen LogP contribution is 2.06. The Morgan fingerprint density at radius 2 is 1.85 bits per heavy atom. The Kier molecular flexibility index (Phi) is 8.37.